The minimum atomic E-state index is -1.04. The standard InChI is InChI=1S/C13H16N2O3/c1-13(2,12(17)18)14-9-4-5-10-8(6-9)7-11(16)15(10)3/h4-6,14H,7H2,1-3H3,(H,17,18). The molecule has 5 nitrogen and oxygen atoms in total. The first kappa shape index (κ1) is 12.4. The zero-order valence-electron chi connectivity index (χ0n) is 10.7. The van der Waals surface area contributed by atoms with Crippen molar-refractivity contribution in [2.45, 2.75) is 25.8 Å². The van der Waals surface area contributed by atoms with Gasteiger partial charge in [0.25, 0.3) is 0 Å². The van der Waals surface area contributed by atoms with E-state index in [2.05, 4.69) is 5.32 Å². The molecule has 0 saturated heterocycles. The Kier molecular flexibility index (Phi) is 2.77. The van der Waals surface area contributed by atoms with Crippen LogP contribution in [0.15, 0.2) is 18.2 Å². The van der Waals surface area contributed by atoms with Crippen LogP contribution in [-0.4, -0.2) is 29.6 Å². The Morgan fingerprint density at radius 3 is 2.72 bits per heavy atom. The van der Waals surface area contributed by atoms with Crippen LogP contribution in [0.1, 0.15) is 19.4 Å². The second-order valence-corrected chi connectivity index (χ2v) is 5.03. The first-order valence-corrected chi connectivity index (χ1v) is 5.72. The number of hydrogen-bond acceptors (Lipinski definition) is 3. The van der Waals surface area contributed by atoms with E-state index in [1.54, 1.807) is 31.9 Å². The number of rotatable bonds is 3. The molecule has 0 aromatic heterocycles. The number of benzene rings is 1. The fraction of sp³-hybridized carbons (Fsp3) is 0.385. The molecule has 0 atom stereocenters. The third-order valence-corrected chi connectivity index (χ3v) is 3.15. The van der Waals surface area contributed by atoms with Gasteiger partial charge in [-0.1, -0.05) is 0 Å². The van der Waals surface area contributed by atoms with Gasteiger partial charge in [0.2, 0.25) is 5.91 Å². The van der Waals surface area contributed by atoms with Gasteiger partial charge < -0.3 is 15.3 Å². The Morgan fingerprint density at radius 1 is 1.44 bits per heavy atom. The van der Waals surface area contributed by atoms with Crippen molar-refractivity contribution in [1.82, 2.24) is 0 Å². The summed E-state index contributed by atoms with van der Waals surface area (Å²) in [5.74, 6) is -0.865. The van der Waals surface area contributed by atoms with Gasteiger partial charge in [-0.3, -0.25) is 4.79 Å². The van der Waals surface area contributed by atoms with E-state index in [0.29, 0.717) is 12.1 Å². The van der Waals surface area contributed by atoms with Crippen molar-refractivity contribution in [2.75, 3.05) is 17.3 Å². The maximum Gasteiger partial charge on any atom is 0.328 e. The van der Waals surface area contributed by atoms with Crippen LogP contribution in [0.3, 0.4) is 0 Å². The predicted molar refractivity (Wildman–Crippen MR) is 68.9 cm³/mol. The molecule has 0 unspecified atom stereocenters. The first-order chi connectivity index (χ1) is 8.31. The summed E-state index contributed by atoms with van der Waals surface area (Å²) in [5.41, 5.74) is 1.49. The topological polar surface area (TPSA) is 69.6 Å². The third-order valence-electron chi connectivity index (χ3n) is 3.15. The summed E-state index contributed by atoms with van der Waals surface area (Å²) >= 11 is 0. The Labute approximate surface area is 105 Å². The lowest BCUT2D eigenvalue weighted by molar-refractivity contribution is -0.141. The van der Waals surface area contributed by atoms with Crippen molar-refractivity contribution < 1.29 is 14.7 Å². The van der Waals surface area contributed by atoms with Crippen molar-refractivity contribution >= 4 is 23.3 Å². The fourth-order valence-electron chi connectivity index (χ4n) is 1.96. The number of nitrogens with one attached hydrogen (secondary N) is 1. The van der Waals surface area contributed by atoms with E-state index in [9.17, 15) is 9.59 Å². The van der Waals surface area contributed by atoms with Gasteiger partial charge in [0.05, 0.1) is 6.42 Å². The van der Waals surface area contributed by atoms with Crippen molar-refractivity contribution in [3.8, 4) is 0 Å². The molecular formula is C13H16N2O3. The van der Waals surface area contributed by atoms with Crippen molar-refractivity contribution in [1.29, 1.82) is 0 Å². The molecule has 0 aliphatic carbocycles. The van der Waals surface area contributed by atoms with Gasteiger partial charge in [-0.05, 0) is 37.6 Å². The van der Waals surface area contributed by atoms with E-state index in [1.165, 1.54) is 0 Å². The molecule has 96 valence electrons. The van der Waals surface area contributed by atoms with Gasteiger partial charge in [0.1, 0.15) is 5.54 Å². The van der Waals surface area contributed by atoms with Crippen molar-refractivity contribution in [2.24, 2.45) is 0 Å². The van der Waals surface area contributed by atoms with Gasteiger partial charge in [-0.2, -0.15) is 0 Å². The van der Waals surface area contributed by atoms with Crippen LogP contribution < -0.4 is 10.2 Å². The van der Waals surface area contributed by atoms with Crippen LogP contribution in [0.5, 0.6) is 0 Å². The van der Waals surface area contributed by atoms with Gasteiger partial charge in [0, 0.05) is 18.4 Å². The predicted octanol–water partition coefficient (Wildman–Crippen LogP) is 1.48. The van der Waals surface area contributed by atoms with Gasteiger partial charge in [-0.25, -0.2) is 4.79 Å². The second-order valence-electron chi connectivity index (χ2n) is 5.03. The lowest BCUT2D eigenvalue weighted by Crippen LogP contribution is -2.39. The highest BCUT2D eigenvalue weighted by atomic mass is 16.4. The number of carboxylic acids is 1. The number of likely N-dealkylation sites (N-methyl/N-ethyl adjacent to an activating group) is 1. The van der Waals surface area contributed by atoms with Gasteiger partial charge in [-0.15, -0.1) is 0 Å². The van der Waals surface area contributed by atoms with Gasteiger partial charge in [0.15, 0.2) is 0 Å². The average Bonchev–Trinajstić information content (AvgIpc) is 2.53. The number of aliphatic carboxylic acids is 1. The Hall–Kier alpha value is -2.04. The van der Waals surface area contributed by atoms with Gasteiger partial charge >= 0.3 is 5.97 Å². The molecule has 1 amide bonds. The summed E-state index contributed by atoms with van der Waals surface area (Å²) in [6, 6.07) is 5.46. The van der Waals surface area contributed by atoms with Crippen LogP contribution in [-0.2, 0) is 16.0 Å². The molecule has 0 spiro atoms. The highest BCUT2D eigenvalue weighted by Crippen LogP contribution is 2.30. The third kappa shape index (κ3) is 2.03. The maximum absolute atomic E-state index is 11.5. The zero-order valence-corrected chi connectivity index (χ0v) is 10.7. The minimum Gasteiger partial charge on any atom is -0.480 e. The van der Waals surface area contributed by atoms with E-state index in [-0.39, 0.29) is 5.91 Å². The highest BCUT2D eigenvalue weighted by Gasteiger charge is 2.28. The van der Waals surface area contributed by atoms with E-state index in [1.807, 2.05) is 12.1 Å². The van der Waals surface area contributed by atoms with E-state index < -0.39 is 11.5 Å². The van der Waals surface area contributed by atoms with E-state index in [4.69, 9.17) is 5.11 Å². The number of nitrogens with zero attached hydrogens (tertiary/aromatic N) is 1. The molecule has 0 fully saturated rings. The number of amides is 1. The molecule has 5 heteroatoms. The first-order valence-electron chi connectivity index (χ1n) is 5.72. The molecule has 0 bridgehead atoms. The molecule has 1 aromatic carbocycles. The Bertz CT molecular complexity index is 523. The number of fused-ring (bicyclic) bond motifs is 1. The summed E-state index contributed by atoms with van der Waals surface area (Å²) < 4.78 is 0. The molecule has 1 heterocycles. The molecule has 1 aromatic rings. The summed E-state index contributed by atoms with van der Waals surface area (Å²) in [4.78, 5) is 24.2. The number of anilines is 2. The number of carboxylic acid groups (broad SMARTS) is 1. The fourth-order valence-corrected chi connectivity index (χ4v) is 1.96. The van der Waals surface area contributed by atoms with Crippen molar-refractivity contribution in [3.63, 3.8) is 0 Å². The largest absolute Gasteiger partial charge is 0.480 e. The summed E-state index contributed by atoms with van der Waals surface area (Å²) in [7, 11) is 1.74. The molecule has 2 rings (SSSR count). The highest BCUT2D eigenvalue weighted by molar-refractivity contribution is 6.01. The zero-order chi connectivity index (χ0) is 13.5. The quantitative estimate of drug-likeness (QED) is 0.850. The normalized spacial score (nSPS) is 14.6. The molecule has 1 aliphatic heterocycles. The number of carbonyl (C=O) groups excluding carboxylic acids is 1. The monoisotopic (exact) mass is 248 g/mol. The molecule has 1 aliphatic rings. The summed E-state index contributed by atoms with van der Waals surface area (Å²) in [6.45, 7) is 3.19. The minimum absolute atomic E-state index is 0.0552. The molecule has 18 heavy (non-hydrogen) atoms. The number of carbonyl (C=O) groups is 2. The van der Waals surface area contributed by atoms with Crippen molar-refractivity contribution in [3.05, 3.63) is 23.8 Å². The van der Waals surface area contributed by atoms with Crippen LogP contribution in [0.4, 0.5) is 11.4 Å². The Morgan fingerprint density at radius 2 is 2.11 bits per heavy atom. The second kappa shape index (κ2) is 4.01. The molecule has 0 saturated carbocycles. The molecular weight excluding hydrogens is 232 g/mol. The smallest absolute Gasteiger partial charge is 0.328 e. The summed E-state index contributed by atoms with van der Waals surface area (Å²) in [5, 5.41) is 12.0. The number of hydrogen-bond donors (Lipinski definition) is 2. The van der Waals surface area contributed by atoms with E-state index in [0.717, 1.165) is 11.3 Å². The van der Waals surface area contributed by atoms with Crippen LogP contribution >= 0.6 is 0 Å². The Balaban J connectivity index is 2.27. The van der Waals surface area contributed by atoms with Crippen LogP contribution in [0.25, 0.3) is 0 Å². The SMILES string of the molecule is CN1C(=O)Cc2cc(NC(C)(C)C(=O)O)ccc21. The summed E-state index contributed by atoms with van der Waals surface area (Å²) in [6.07, 6.45) is 0.370. The molecule has 0 radical (unpaired) electrons. The molecule has 2 N–H and O–H groups in total. The van der Waals surface area contributed by atoms with E-state index >= 15 is 0 Å². The van der Waals surface area contributed by atoms with Crippen LogP contribution in [0, 0.1) is 0 Å². The van der Waals surface area contributed by atoms with Crippen LogP contribution in [0.2, 0.25) is 0 Å². The lowest BCUT2D eigenvalue weighted by Gasteiger charge is -2.23. The lowest BCUT2D eigenvalue weighted by atomic mass is 10.0. The average molecular weight is 248 g/mol. The maximum atomic E-state index is 11.5.